The van der Waals surface area contributed by atoms with Crippen molar-refractivity contribution in [1.29, 1.82) is 0 Å². The van der Waals surface area contributed by atoms with E-state index in [1.54, 1.807) is 14.1 Å². The van der Waals surface area contributed by atoms with E-state index in [-0.39, 0.29) is 18.1 Å². The fourth-order valence-electron chi connectivity index (χ4n) is 1.63. The van der Waals surface area contributed by atoms with Crippen molar-refractivity contribution in [3.63, 3.8) is 0 Å². The molecule has 0 radical (unpaired) electrons. The average Bonchev–Trinajstić information content (AvgIpc) is 2.60. The van der Waals surface area contributed by atoms with Gasteiger partial charge in [0.1, 0.15) is 18.1 Å². The minimum atomic E-state index is -3.01. The zero-order valence-corrected chi connectivity index (χ0v) is 12.3. The highest BCUT2D eigenvalue weighted by Gasteiger charge is 2.32. The van der Waals surface area contributed by atoms with Crippen LogP contribution in [-0.4, -0.2) is 34.5 Å². The molecule has 4 nitrogen and oxygen atoms in total. The maximum absolute atomic E-state index is 13.4. The summed E-state index contributed by atoms with van der Waals surface area (Å²) in [4.78, 5) is 17.2. The monoisotopic (exact) mass is 273 g/mol. The first-order valence-corrected chi connectivity index (χ1v) is 6.09. The summed E-state index contributed by atoms with van der Waals surface area (Å²) in [5.74, 6) is -2.68. The van der Waals surface area contributed by atoms with Crippen LogP contribution in [-0.2, 0) is 22.7 Å². The van der Waals surface area contributed by atoms with Crippen molar-refractivity contribution in [1.82, 2.24) is 14.5 Å². The van der Waals surface area contributed by atoms with Gasteiger partial charge in [-0.15, -0.1) is 0 Å². The number of hydrogen-bond donors (Lipinski definition) is 0. The van der Waals surface area contributed by atoms with Gasteiger partial charge in [-0.05, 0) is 0 Å². The molecule has 0 saturated heterocycles. The van der Waals surface area contributed by atoms with E-state index in [0.29, 0.717) is 5.82 Å². The number of imidazole rings is 1. The third-order valence-corrected chi connectivity index (χ3v) is 2.70. The largest absolute Gasteiger partial charge is 0.347 e. The van der Waals surface area contributed by atoms with Crippen molar-refractivity contribution >= 4 is 5.91 Å². The minimum Gasteiger partial charge on any atom is -0.347 e. The molecule has 0 fully saturated rings. The summed E-state index contributed by atoms with van der Waals surface area (Å²) >= 11 is 0. The van der Waals surface area contributed by atoms with Crippen LogP contribution in [0.25, 0.3) is 0 Å². The van der Waals surface area contributed by atoms with Crippen LogP contribution in [0.1, 0.15) is 39.2 Å². The second-order valence-electron chi connectivity index (χ2n) is 6.00. The van der Waals surface area contributed by atoms with Crippen LogP contribution in [0.4, 0.5) is 8.78 Å². The van der Waals surface area contributed by atoms with E-state index in [9.17, 15) is 13.6 Å². The van der Waals surface area contributed by atoms with Gasteiger partial charge in [0.15, 0.2) is 0 Å². The number of aromatic nitrogens is 2. The van der Waals surface area contributed by atoms with Gasteiger partial charge in [0.2, 0.25) is 5.91 Å². The maximum atomic E-state index is 13.4. The lowest BCUT2D eigenvalue weighted by molar-refractivity contribution is -0.129. The maximum Gasteiger partial charge on any atom is 0.288 e. The average molecular weight is 273 g/mol. The molecule has 1 rings (SSSR count). The number of carbonyl (C=O) groups excluding carboxylic acids is 1. The second kappa shape index (κ2) is 4.90. The van der Waals surface area contributed by atoms with Crippen molar-refractivity contribution < 1.29 is 13.6 Å². The van der Waals surface area contributed by atoms with Crippen LogP contribution in [0.5, 0.6) is 0 Å². The molecule has 0 aromatic carbocycles. The van der Waals surface area contributed by atoms with E-state index in [2.05, 4.69) is 4.98 Å². The van der Waals surface area contributed by atoms with Crippen LogP contribution in [0.2, 0.25) is 0 Å². The van der Waals surface area contributed by atoms with Crippen LogP contribution in [0.3, 0.4) is 0 Å². The number of alkyl halides is 2. The molecular weight excluding hydrogens is 252 g/mol. The SMILES string of the molecule is CN(C)C(=O)Cn1cc(C(C)(F)F)nc1C(C)(C)C. The zero-order valence-electron chi connectivity index (χ0n) is 12.3. The molecule has 1 amide bonds. The lowest BCUT2D eigenvalue weighted by atomic mass is 9.95. The van der Waals surface area contributed by atoms with Crippen molar-refractivity contribution in [2.75, 3.05) is 14.1 Å². The van der Waals surface area contributed by atoms with Gasteiger partial charge in [-0.25, -0.2) is 4.98 Å². The number of amides is 1. The Bertz CT molecular complexity index is 467. The molecule has 0 N–H and O–H groups in total. The predicted octanol–water partition coefficient (Wildman–Crippen LogP) is 2.38. The third-order valence-electron chi connectivity index (χ3n) is 2.70. The highest BCUT2D eigenvalue weighted by atomic mass is 19.3. The highest BCUT2D eigenvalue weighted by molar-refractivity contribution is 5.75. The predicted molar refractivity (Wildman–Crippen MR) is 69.2 cm³/mol. The van der Waals surface area contributed by atoms with E-state index in [4.69, 9.17) is 0 Å². The van der Waals surface area contributed by atoms with Crippen LogP contribution in [0.15, 0.2) is 6.20 Å². The standard InChI is InChI=1S/C13H21F2N3O/c1-12(2,3)11-16-9(13(4,14)15)7-18(11)8-10(19)17(5)6/h7H,8H2,1-6H3. The van der Waals surface area contributed by atoms with Gasteiger partial charge in [0, 0.05) is 32.6 Å². The van der Waals surface area contributed by atoms with Gasteiger partial charge in [-0.1, -0.05) is 20.8 Å². The first-order chi connectivity index (χ1) is 8.43. The van der Waals surface area contributed by atoms with Crippen molar-refractivity contribution in [3.05, 3.63) is 17.7 Å². The smallest absolute Gasteiger partial charge is 0.288 e. The normalized spacial score (nSPS) is 12.6. The van der Waals surface area contributed by atoms with Gasteiger partial charge < -0.3 is 9.47 Å². The molecule has 6 heteroatoms. The van der Waals surface area contributed by atoms with Crippen molar-refractivity contribution in [2.24, 2.45) is 0 Å². The first kappa shape index (κ1) is 15.6. The third kappa shape index (κ3) is 3.75. The first-order valence-electron chi connectivity index (χ1n) is 6.09. The lowest BCUT2D eigenvalue weighted by Crippen LogP contribution is -2.29. The summed E-state index contributed by atoms with van der Waals surface area (Å²) in [7, 11) is 3.26. The molecule has 1 heterocycles. The summed E-state index contributed by atoms with van der Waals surface area (Å²) in [6, 6.07) is 0. The molecule has 1 aromatic rings. The Kier molecular flexibility index (Phi) is 4.03. The van der Waals surface area contributed by atoms with Gasteiger partial charge in [-0.2, -0.15) is 8.78 Å². The van der Waals surface area contributed by atoms with Crippen LogP contribution >= 0.6 is 0 Å². The van der Waals surface area contributed by atoms with Crippen molar-refractivity contribution in [2.45, 2.75) is 45.6 Å². The molecule has 108 valence electrons. The van der Waals surface area contributed by atoms with Gasteiger partial charge in [-0.3, -0.25) is 4.79 Å². The number of carbonyl (C=O) groups is 1. The molecule has 0 aliphatic heterocycles. The molecular formula is C13H21F2N3O. The second-order valence-corrected chi connectivity index (χ2v) is 6.00. The number of hydrogen-bond acceptors (Lipinski definition) is 2. The minimum absolute atomic E-state index is 0.0166. The Morgan fingerprint density at radius 2 is 1.84 bits per heavy atom. The van der Waals surface area contributed by atoms with E-state index >= 15 is 0 Å². The summed E-state index contributed by atoms with van der Waals surface area (Å²) in [6.45, 7) is 6.46. The molecule has 1 aromatic heterocycles. The number of halogens is 2. The number of nitrogens with zero attached hydrogens (tertiary/aromatic N) is 3. The highest BCUT2D eigenvalue weighted by Crippen LogP contribution is 2.29. The molecule has 0 saturated carbocycles. The topological polar surface area (TPSA) is 38.1 Å². The Balaban J connectivity index is 3.22. The fourth-order valence-corrected chi connectivity index (χ4v) is 1.63. The van der Waals surface area contributed by atoms with Crippen LogP contribution in [0, 0.1) is 0 Å². The molecule has 0 bridgehead atoms. The van der Waals surface area contributed by atoms with E-state index in [0.717, 1.165) is 6.92 Å². The summed E-state index contributed by atoms with van der Waals surface area (Å²) in [5, 5.41) is 0. The summed E-state index contributed by atoms with van der Waals surface area (Å²) in [5.41, 5.74) is -0.709. The summed E-state index contributed by atoms with van der Waals surface area (Å²) in [6.07, 6.45) is 1.27. The Labute approximate surface area is 112 Å². The van der Waals surface area contributed by atoms with Gasteiger partial charge >= 0.3 is 0 Å². The quantitative estimate of drug-likeness (QED) is 0.848. The lowest BCUT2D eigenvalue weighted by Gasteiger charge is -2.20. The molecule has 0 spiro atoms. The van der Waals surface area contributed by atoms with Gasteiger partial charge in [0.25, 0.3) is 5.92 Å². The van der Waals surface area contributed by atoms with E-state index in [1.807, 2.05) is 20.8 Å². The van der Waals surface area contributed by atoms with E-state index in [1.165, 1.54) is 15.7 Å². The number of rotatable bonds is 3. The molecule has 0 aliphatic carbocycles. The molecule has 0 atom stereocenters. The Hall–Kier alpha value is -1.46. The summed E-state index contributed by atoms with van der Waals surface area (Å²) < 4.78 is 28.2. The van der Waals surface area contributed by atoms with Crippen LogP contribution < -0.4 is 0 Å². The number of likely N-dealkylation sites (N-methyl/N-ethyl adjacent to an activating group) is 1. The Morgan fingerprint density at radius 3 is 2.21 bits per heavy atom. The van der Waals surface area contributed by atoms with Gasteiger partial charge in [0.05, 0.1) is 0 Å². The molecule has 0 unspecified atom stereocenters. The Morgan fingerprint density at radius 1 is 1.32 bits per heavy atom. The fraction of sp³-hybridized carbons (Fsp3) is 0.692. The van der Waals surface area contributed by atoms with Crippen molar-refractivity contribution in [3.8, 4) is 0 Å². The van der Waals surface area contributed by atoms with E-state index < -0.39 is 11.3 Å². The molecule has 0 aliphatic rings. The molecule has 19 heavy (non-hydrogen) atoms. The zero-order chi connectivity index (χ0) is 15.0.